The number of nitro groups is 1. The van der Waals surface area contributed by atoms with Crippen molar-refractivity contribution in [3.05, 3.63) is 28.3 Å². The van der Waals surface area contributed by atoms with Crippen molar-refractivity contribution in [3.8, 4) is 0 Å². The molecule has 1 saturated heterocycles. The predicted octanol–water partition coefficient (Wildman–Crippen LogP) is 2.07. The fraction of sp³-hybridized carbons (Fsp3) is 0.571. The number of halogens is 3. The van der Waals surface area contributed by atoms with Gasteiger partial charge in [0, 0.05) is 43.7 Å². The Morgan fingerprint density at radius 3 is 2.44 bits per heavy atom. The van der Waals surface area contributed by atoms with Crippen LogP contribution in [-0.2, 0) is 9.84 Å². The minimum atomic E-state index is -4.28. The van der Waals surface area contributed by atoms with Crippen LogP contribution in [0.4, 0.5) is 24.5 Å². The van der Waals surface area contributed by atoms with Crippen LogP contribution in [0, 0.1) is 10.1 Å². The topological polar surface area (TPSA) is 83.8 Å². The van der Waals surface area contributed by atoms with Gasteiger partial charge in [-0.15, -0.1) is 0 Å². The molecule has 25 heavy (non-hydrogen) atoms. The summed E-state index contributed by atoms with van der Waals surface area (Å²) >= 11 is 0. The molecule has 1 heterocycles. The Balaban J connectivity index is 2.25. The number of rotatable bonds is 4. The van der Waals surface area contributed by atoms with Gasteiger partial charge in [-0.3, -0.25) is 15.0 Å². The second kappa shape index (κ2) is 6.79. The average Bonchev–Trinajstić information content (AvgIpc) is 2.46. The Morgan fingerprint density at radius 1 is 1.32 bits per heavy atom. The number of hydrogen-bond donors (Lipinski definition) is 0. The second-order valence-electron chi connectivity index (χ2n) is 6.06. The van der Waals surface area contributed by atoms with Gasteiger partial charge in [-0.2, -0.15) is 13.2 Å². The molecule has 1 aliphatic heterocycles. The molecule has 1 atom stereocenters. The number of alkyl halides is 3. The first kappa shape index (κ1) is 19.4. The molecule has 0 aliphatic carbocycles. The monoisotopic (exact) mass is 381 g/mol. The molecule has 2 rings (SSSR count). The minimum Gasteiger partial charge on any atom is -0.369 e. The fourth-order valence-corrected chi connectivity index (χ4v) is 3.70. The average molecular weight is 381 g/mol. The molecule has 1 aliphatic rings. The smallest absolute Gasteiger partial charge is 0.369 e. The lowest BCUT2D eigenvalue weighted by Crippen LogP contribution is -2.54. The number of nitro benzene ring substituents is 1. The van der Waals surface area contributed by atoms with Crippen LogP contribution in [-0.4, -0.2) is 62.9 Å². The van der Waals surface area contributed by atoms with Crippen molar-refractivity contribution in [1.29, 1.82) is 0 Å². The van der Waals surface area contributed by atoms with E-state index in [1.54, 1.807) is 11.8 Å². The molecule has 0 N–H and O–H groups in total. The van der Waals surface area contributed by atoms with Gasteiger partial charge >= 0.3 is 6.18 Å². The van der Waals surface area contributed by atoms with Crippen molar-refractivity contribution in [2.24, 2.45) is 0 Å². The van der Waals surface area contributed by atoms with Crippen molar-refractivity contribution in [2.45, 2.75) is 24.0 Å². The Hall–Kier alpha value is -1.88. The third-order valence-electron chi connectivity index (χ3n) is 4.05. The summed E-state index contributed by atoms with van der Waals surface area (Å²) in [7, 11) is -3.82. The van der Waals surface area contributed by atoms with Crippen LogP contribution < -0.4 is 4.90 Å². The summed E-state index contributed by atoms with van der Waals surface area (Å²) in [5.74, 6) is 0. The van der Waals surface area contributed by atoms with E-state index in [0.717, 1.165) is 12.3 Å². The summed E-state index contributed by atoms with van der Waals surface area (Å²) < 4.78 is 61.3. The van der Waals surface area contributed by atoms with E-state index >= 15 is 0 Å². The van der Waals surface area contributed by atoms with Crippen molar-refractivity contribution in [3.63, 3.8) is 0 Å². The lowest BCUT2D eigenvalue weighted by atomic mass is 10.1. The Kier molecular flexibility index (Phi) is 5.28. The predicted molar refractivity (Wildman–Crippen MR) is 85.5 cm³/mol. The number of benzene rings is 1. The molecule has 0 radical (unpaired) electrons. The quantitative estimate of drug-likeness (QED) is 0.587. The van der Waals surface area contributed by atoms with Crippen LogP contribution in [0.5, 0.6) is 0 Å². The maximum absolute atomic E-state index is 12.6. The van der Waals surface area contributed by atoms with Crippen LogP contribution in [0.15, 0.2) is 23.1 Å². The molecule has 140 valence electrons. The van der Waals surface area contributed by atoms with Gasteiger partial charge in [0.1, 0.15) is 4.90 Å². The first-order valence-electron chi connectivity index (χ1n) is 7.43. The molecule has 1 fully saturated rings. The zero-order chi connectivity index (χ0) is 19.0. The maximum atomic E-state index is 12.6. The lowest BCUT2D eigenvalue weighted by Gasteiger charge is -2.41. The summed E-state index contributed by atoms with van der Waals surface area (Å²) in [4.78, 5) is 12.9. The normalized spacial score (nSPS) is 19.9. The highest BCUT2D eigenvalue weighted by molar-refractivity contribution is 7.90. The zero-order valence-corrected chi connectivity index (χ0v) is 14.5. The molecule has 0 saturated carbocycles. The summed E-state index contributed by atoms with van der Waals surface area (Å²) in [6, 6.07) is 3.34. The van der Waals surface area contributed by atoms with Gasteiger partial charge in [-0.25, -0.2) is 8.42 Å². The highest BCUT2D eigenvalue weighted by atomic mass is 32.2. The van der Waals surface area contributed by atoms with E-state index in [2.05, 4.69) is 0 Å². The standard InChI is InChI=1S/C14H18F3N3O4S/c1-10-8-18(5-6-19(10)9-14(15,16)17)11-3-4-12(20(21)22)13(7-11)25(2,23)24/h3-4,7,10H,5-6,8-9H2,1-2H3. The van der Waals surface area contributed by atoms with Crippen molar-refractivity contribution < 1.29 is 26.5 Å². The van der Waals surface area contributed by atoms with Crippen molar-refractivity contribution in [1.82, 2.24) is 4.90 Å². The molecule has 0 amide bonds. The number of anilines is 1. The molecule has 7 nitrogen and oxygen atoms in total. The van der Waals surface area contributed by atoms with E-state index in [1.165, 1.54) is 17.0 Å². The molecule has 1 aromatic rings. The molecular formula is C14H18F3N3O4S. The number of sulfone groups is 1. The number of nitrogens with zero attached hydrogens (tertiary/aromatic N) is 3. The van der Waals surface area contributed by atoms with E-state index < -0.39 is 44.1 Å². The van der Waals surface area contributed by atoms with Crippen LogP contribution in [0.25, 0.3) is 0 Å². The molecule has 11 heteroatoms. The molecule has 1 unspecified atom stereocenters. The van der Waals surface area contributed by atoms with E-state index in [0.29, 0.717) is 5.69 Å². The molecule has 0 aromatic heterocycles. The number of piperazine rings is 1. The van der Waals surface area contributed by atoms with Gasteiger partial charge in [-0.05, 0) is 19.1 Å². The van der Waals surface area contributed by atoms with Crippen LogP contribution in [0.3, 0.4) is 0 Å². The van der Waals surface area contributed by atoms with Crippen molar-refractivity contribution in [2.75, 3.05) is 37.3 Å². The molecule has 0 bridgehead atoms. The highest BCUT2D eigenvalue weighted by Crippen LogP contribution is 2.30. The zero-order valence-electron chi connectivity index (χ0n) is 13.7. The van der Waals surface area contributed by atoms with E-state index in [4.69, 9.17) is 0 Å². The van der Waals surface area contributed by atoms with Crippen LogP contribution >= 0.6 is 0 Å². The summed E-state index contributed by atoms with van der Waals surface area (Å²) in [6.45, 7) is 1.34. The lowest BCUT2D eigenvalue weighted by molar-refractivity contribution is -0.387. The summed E-state index contributed by atoms with van der Waals surface area (Å²) in [5, 5.41) is 11.0. The Morgan fingerprint density at radius 2 is 1.96 bits per heavy atom. The first-order valence-corrected chi connectivity index (χ1v) is 9.32. The second-order valence-corrected chi connectivity index (χ2v) is 8.05. The first-order chi connectivity index (χ1) is 11.4. The van der Waals surface area contributed by atoms with Crippen LogP contribution in [0.2, 0.25) is 0 Å². The van der Waals surface area contributed by atoms with Gasteiger partial charge in [0.25, 0.3) is 5.69 Å². The van der Waals surface area contributed by atoms with E-state index in [-0.39, 0.29) is 19.6 Å². The minimum absolute atomic E-state index is 0.159. The van der Waals surface area contributed by atoms with E-state index in [9.17, 15) is 31.7 Å². The highest BCUT2D eigenvalue weighted by Gasteiger charge is 2.35. The SMILES string of the molecule is CC1CN(c2ccc([N+](=O)[O-])c(S(C)(=O)=O)c2)CCN1CC(F)(F)F. The Bertz CT molecular complexity index is 767. The molecular weight excluding hydrogens is 363 g/mol. The van der Waals surface area contributed by atoms with Gasteiger partial charge in [-0.1, -0.05) is 0 Å². The van der Waals surface area contributed by atoms with Crippen molar-refractivity contribution >= 4 is 21.2 Å². The molecule has 1 aromatic carbocycles. The largest absolute Gasteiger partial charge is 0.401 e. The van der Waals surface area contributed by atoms with E-state index in [1.807, 2.05) is 0 Å². The summed E-state index contributed by atoms with van der Waals surface area (Å²) in [5.41, 5.74) is -0.0838. The van der Waals surface area contributed by atoms with Gasteiger partial charge in [0.2, 0.25) is 0 Å². The van der Waals surface area contributed by atoms with Gasteiger partial charge in [0.05, 0.1) is 11.5 Å². The molecule has 0 spiro atoms. The third-order valence-corrected chi connectivity index (χ3v) is 5.18. The third kappa shape index (κ3) is 4.82. The maximum Gasteiger partial charge on any atom is 0.401 e. The van der Waals surface area contributed by atoms with Crippen LogP contribution in [0.1, 0.15) is 6.92 Å². The number of hydrogen-bond acceptors (Lipinski definition) is 6. The van der Waals surface area contributed by atoms with Gasteiger partial charge < -0.3 is 4.90 Å². The fourth-order valence-electron chi connectivity index (χ4n) is 2.84. The Labute approximate surface area is 143 Å². The van der Waals surface area contributed by atoms with Gasteiger partial charge in [0.15, 0.2) is 9.84 Å². The summed E-state index contributed by atoms with van der Waals surface area (Å²) in [6.07, 6.45) is -3.41.